The second kappa shape index (κ2) is 14.8. The molecule has 2 N–H and O–H groups in total. The Morgan fingerprint density at radius 3 is 1.91 bits per heavy atom. The van der Waals surface area contributed by atoms with Gasteiger partial charge in [-0.3, -0.25) is 4.79 Å². The fraction of sp³-hybridized carbons (Fsp3) is 0.641. The zero-order valence-corrected chi connectivity index (χ0v) is 29.2. The van der Waals surface area contributed by atoms with Crippen LogP contribution in [0.5, 0.6) is 0 Å². The minimum absolute atomic E-state index is 0.00212. The lowest BCUT2D eigenvalue weighted by Gasteiger charge is -2.49. The molecule has 4 fully saturated rings. The number of quaternary nitrogens is 2. The van der Waals surface area contributed by atoms with E-state index in [1.165, 1.54) is 12.8 Å². The molecule has 2 aromatic rings. The summed E-state index contributed by atoms with van der Waals surface area (Å²) in [5.74, 6) is -1.35. The summed E-state index contributed by atoms with van der Waals surface area (Å²) in [7, 11) is 6.66. The number of carbonyl (C=O) groups excluding carboxylic acids is 2. The minimum atomic E-state index is -1.50. The Bertz CT molecular complexity index is 1310. The topological polar surface area (TPSA) is 93.1 Å². The number of aliphatic hydroxyl groups excluding tert-OH is 1. The Balaban J connectivity index is 0.000000185. The van der Waals surface area contributed by atoms with Crippen molar-refractivity contribution < 1.29 is 38.2 Å². The number of rotatable bonds is 9. The Morgan fingerprint density at radius 1 is 0.830 bits per heavy atom. The molecule has 8 heteroatoms. The van der Waals surface area contributed by atoms with E-state index in [9.17, 15) is 19.8 Å². The molecule has 47 heavy (non-hydrogen) atoms. The molecular weight excluding hydrogens is 592 g/mol. The lowest BCUT2D eigenvalue weighted by atomic mass is 9.80. The van der Waals surface area contributed by atoms with Crippen LogP contribution in [0.15, 0.2) is 60.7 Å². The van der Waals surface area contributed by atoms with E-state index in [2.05, 4.69) is 35.0 Å². The number of esters is 2. The summed E-state index contributed by atoms with van der Waals surface area (Å²) in [6.07, 6.45) is 9.04. The molecule has 4 aliphatic rings. The second-order valence-electron chi connectivity index (χ2n) is 15.6. The van der Waals surface area contributed by atoms with E-state index in [0.717, 1.165) is 72.6 Å². The van der Waals surface area contributed by atoms with Crippen LogP contribution in [0.1, 0.15) is 88.7 Å². The first-order valence-electron chi connectivity index (χ1n) is 17.9. The largest absolute Gasteiger partial charge is 0.461 e. The maximum atomic E-state index is 12.9. The van der Waals surface area contributed by atoms with Crippen molar-refractivity contribution in [3.05, 3.63) is 71.8 Å². The highest BCUT2D eigenvalue weighted by Gasteiger charge is 2.54. The Kier molecular flexibility index (Phi) is 11.2. The molecule has 2 bridgehead atoms. The van der Waals surface area contributed by atoms with E-state index in [1.54, 1.807) is 0 Å². The third-order valence-electron chi connectivity index (χ3n) is 12.0. The first-order valence-corrected chi connectivity index (χ1v) is 17.9. The minimum Gasteiger partial charge on any atom is -0.461 e. The summed E-state index contributed by atoms with van der Waals surface area (Å²) in [5, 5.41) is 21.0. The van der Waals surface area contributed by atoms with Crippen molar-refractivity contribution in [3.8, 4) is 0 Å². The molecule has 0 aromatic heterocycles. The van der Waals surface area contributed by atoms with Gasteiger partial charge in [0.25, 0.3) is 0 Å². The molecule has 0 amide bonds. The van der Waals surface area contributed by atoms with Gasteiger partial charge in [-0.1, -0.05) is 73.5 Å². The van der Waals surface area contributed by atoms with E-state index in [4.69, 9.17) is 9.47 Å². The number of hydrogen-bond donors (Lipinski definition) is 2. The van der Waals surface area contributed by atoms with Crippen molar-refractivity contribution in [1.82, 2.24) is 0 Å². The maximum Gasteiger partial charge on any atom is 0.343 e. The molecule has 3 aliphatic heterocycles. The highest BCUT2D eigenvalue weighted by molar-refractivity contribution is 5.82. The molecule has 8 nitrogen and oxygen atoms in total. The average Bonchev–Trinajstić information content (AvgIpc) is 3.75. The zero-order valence-electron chi connectivity index (χ0n) is 29.2. The first kappa shape index (κ1) is 35.5. The fourth-order valence-corrected chi connectivity index (χ4v) is 8.94. The van der Waals surface area contributed by atoms with Crippen molar-refractivity contribution >= 4 is 11.9 Å². The van der Waals surface area contributed by atoms with Gasteiger partial charge in [0.2, 0.25) is 0 Å². The van der Waals surface area contributed by atoms with Crippen LogP contribution in [0.4, 0.5) is 0 Å². The van der Waals surface area contributed by atoms with Gasteiger partial charge in [-0.2, -0.15) is 0 Å². The van der Waals surface area contributed by atoms with Gasteiger partial charge in [-0.25, -0.2) is 4.79 Å². The maximum absolute atomic E-state index is 12.9. The van der Waals surface area contributed by atoms with Crippen LogP contribution >= 0.6 is 0 Å². The first-order chi connectivity index (χ1) is 22.4. The normalized spacial score (nSPS) is 30.2. The van der Waals surface area contributed by atoms with Crippen LogP contribution in [0.2, 0.25) is 0 Å². The molecule has 7 atom stereocenters. The summed E-state index contributed by atoms with van der Waals surface area (Å²) in [5.41, 5.74) is -0.00691. The summed E-state index contributed by atoms with van der Waals surface area (Å²) in [6, 6.07) is 20.5. The number of ether oxygens (including phenoxy) is 2. The zero-order chi connectivity index (χ0) is 33.8. The van der Waals surface area contributed by atoms with Crippen molar-refractivity contribution in [2.45, 2.75) is 113 Å². The van der Waals surface area contributed by atoms with Gasteiger partial charge < -0.3 is 28.7 Å². The SMILES string of the molecule is CC(C)[N@@+]1(C)[C@@H]2CC[C@H]1C[C@@H](OC(=O)C(CO)c1ccccc1)C2.C[N+]1(C)CC[C@@H](OC(=O)[C@](O)(c2ccccc2)C2CCCC2)C1. The lowest BCUT2D eigenvalue weighted by molar-refractivity contribution is -0.968. The van der Waals surface area contributed by atoms with E-state index >= 15 is 0 Å². The number of piperidine rings is 1. The van der Waals surface area contributed by atoms with Gasteiger partial charge in [0.15, 0.2) is 11.7 Å². The van der Waals surface area contributed by atoms with Crippen molar-refractivity contribution in [2.24, 2.45) is 5.92 Å². The molecular formula is C39H58N2O6+2. The summed E-state index contributed by atoms with van der Waals surface area (Å²) < 4.78 is 13.6. The van der Waals surface area contributed by atoms with Crippen LogP contribution in [-0.2, 0) is 24.7 Å². The summed E-state index contributed by atoms with van der Waals surface area (Å²) in [6.45, 7) is 6.22. The van der Waals surface area contributed by atoms with Gasteiger partial charge in [0.05, 0.1) is 52.4 Å². The summed E-state index contributed by atoms with van der Waals surface area (Å²) >= 11 is 0. The van der Waals surface area contributed by atoms with Gasteiger partial charge in [-0.05, 0) is 37.8 Å². The van der Waals surface area contributed by atoms with Crippen LogP contribution in [0, 0.1) is 5.92 Å². The van der Waals surface area contributed by atoms with E-state index in [-0.39, 0.29) is 30.7 Å². The Labute approximate surface area is 281 Å². The van der Waals surface area contributed by atoms with E-state index in [1.807, 2.05) is 60.7 Å². The molecule has 1 saturated carbocycles. The Morgan fingerprint density at radius 2 is 1.40 bits per heavy atom. The molecule has 1 unspecified atom stereocenters. The molecule has 2 aromatic carbocycles. The number of hydrogen-bond acceptors (Lipinski definition) is 6. The number of aliphatic hydroxyl groups is 2. The smallest absolute Gasteiger partial charge is 0.343 e. The molecule has 3 saturated heterocycles. The molecule has 258 valence electrons. The number of fused-ring (bicyclic) bond motifs is 2. The van der Waals surface area contributed by atoms with E-state index < -0.39 is 17.5 Å². The lowest BCUT2D eigenvalue weighted by Crippen LogP contribution is -2.62. The monoisotopic (exact) mass is 650 g/mol. The van der Waals surface area contributed by atoms with Crippen molar-refractivity contribution in [3.63, 3.8) is 0 Å². The van der Waals surface area contributed by atoms with Crippen LogP contribution < -0.4 is 0 Å². The third kappa shape index (κ3) is 7.61. The molecule has 3 heterocycles. The molecule has 1 aliphatic carbocycles. The van der Waals surface area contributed by atoms with Gasteiger partial charge in [-0.15, -0.1) is 0 Å². The molecule has 6 rings (SSSR count). The number of likely N-dealkylation sites (tertiary alicyclic amines) is 1. The standard InChI is InChI=1S/C20H30NO3.C19H28NO3/c1-14(2)21(3)16-9-10-17(21)12-18(11-16)24-20(23)19(13-22)15-7-5-4-6-8-15;1-20(2)13-12-17(14-20)23-18(21)19(22,16-10-6-7-11-16)15-8-4-3-5-9-15/h4-8,14,16-19,22H,9-13H2,1-3H3;3-5,8-9,16-17,22H,6-7,10-14H2,1-2H3/q2*+1/t16-,17+,18+,19?,21+;17-,19+/m.1/s1. The van der Waals surface area contributed by atoms with Gasteiger partial charge in [0.1, 0.15) is 18.6 Å². The fourth-order valence-electron chi connectivity index (χ4n) is 8.94. The second-order valence-corrected chi connectivity index (χ2v) is 15.6. The average molecular weight is 651 g/mol. The molecule has 0 spiro atoms. The van der Waals surface area contributed by atoms with Gasteiger partial charge in [0, 0.05) is 38.0 Å². The molecule has 0 radical (unpaired) electrons. The summed E-state index contributed by atoms with van der Waals surface area (Å²) in [4.78, 5) is 25.5. The number of benzene rings is 2. The number of likely N-dealkylation sites (N-methyl/N-ethyl adjacent to an activating group) is 1. The predicted molar refractivity (Wildman–Crippen MR) is 182 cm³/mol. The van der Waals surface area contributed by atoms with Crippen LogP contribution in [0.25, 0.3) is 0 Å². The number of nitrogens with zero attached hydrogens (tertiary/aromatic N) is 2. The van der Waals surface area contributed by atoms with Gasteiger partial charge >= 0.3 is 11.9 Å². The third-order valence-corrected chi connectivity index (χ3v) is 12.0. The quantitative estimate of drug-likeness (QED) is 0.282. The highest BCUT2D eigenvalue weighted by Crippen LogP contribution is 2.44. The Hall–Kier alpha value is -2.78. The highest BCUT2D eigenvalue weighted by atomic mass is 16.6. The van der Waals surface area contributed by atoms with Crippen molar-refractivity contribution in [1.29, 1.82) is 0 Å². The predicted octanol–water partition coefficient (Wildman–Crippen LogP) is 5.31. The van der Waals surface area contributed by atoms with Crippen LogP contribution in [-0.4, -0.2) is 102 Å². The van der Waals surface area contributed by atoms with Crippen LogP contribution in [0.3, 0.4) is 0 Å². The van der Waals surface area contributed by atoms with Crippen molar-refractivity contribution in [2.75, 3.05) is 40.8 Å². The van der Waals surface area contributed by atoms with E-state index in [0.29, 0.717) is 23.7 Å². The number of carbonyl (C=O) groups is 2.